The molecule has 4 heteroatoms. The summed E-state index contributed by atoms with van der Waals surface area (Å²) >= 11 is 0. The Hall–Kier alpha value is -2.10. The fourth-order valence-corrected chi connectivity index (χ4v) is 1.75. The van der Waals surface area contributed by atoms with Crippen LogP contribution >= 0.6 is 0 Å². The van der Waals surface area contributed by atoms with Crippen LogP contribution in [0, 0.1) is 12.3 Å². The van der Waals surface area contributed by atoms with E-state index in [1.54, 1.807) is 6.07 Å². The van der Waals surface area contributed by atoms with Gasteiger partial charge in [0, 0.05) is 18.2 Å². The maximum absolute atomic E-state index is 11.9. The van der Waals surface area contributed by atoms with Crippen molar-refractivity contribution < 1.29 is 14.7 Å². The molecule has 108 valence electrons. The van der Waals surface area contributed by atoms with Gasteiger partial charge in [-0.2, -0.15) is 0 Å². The first kappa shape index (κ1) is 16.0. The second-order valence-electron chi connectivity index (χ2n) is 6.03. The molecule has 0 aromatic heterocycles. The van der Waals surface area contributed by atoms with Crippen molar-refractivity contribution in [2.75, 3.05) is 5.32 Å². The zero-order valence-electron chi connectivity index (χ0n) is 12.4. The molecule has 0 spiro atoms. The van der Waals surface area contributed by atoms with E-state index in [4.69, 9.17) is 5.11 Å². The van der Waals surface area contributed by atoms with Crippen LogP contribution in [-0.2, 0) is 9.59 Å². The van der Waals surface area contributed by atoms with Gasteiger partial charge in [0.05, 0.1) is 0 Å². The molecule has 0 aliphatic rings. The van der Waals surface area contributed by atoms with Crippen molar-refractivity contribution >= 4 is 23.6 Å². The molecule has 1 aromatic rings. The van der Waals surface area contributed by atoms with Crippen LogP contribution < -0.4 is 5.32 Å². The van der Waals surface area contributed by atoms with Gasteiger partial charge in [0.15, 0.2) is 0 Å². The third kappa shape index (κ3) is 5.69. The molecule has 1 amide bonds. The number of hydrogen-bond acceptors (Lipinski definition) is 2. The third-order valence-corrected chi connectivity index (χ3v) is 2.66. The molecule has 1 aromatic carbocycles. The summed E-state index contributed by atoms with van der Waals surface area (Å²) in [6.45, 7) is 7.90. The summed E-state index contributed by atoms with van der Waals surface area (Å²) in [5, 5.41) is 11.5. The van der Waals surface area contributed by atoms with E-state index in [0.717, 1.165) is 17.2 Å². The Bertz CT molecular complexity index is 539. The second-order valence-corrected chi connectivity index (χ2v) is 6.03. The number of carbonyl (C=O) groups excluding carboxylic acids is 1. The molecule has 0 radical (unpaired) electrons. The zero-order valence-corrected chi connectivity index (χ0v) is 12.4. The number of amides is 1. The molecule has 0 aliphatic heterocycles. The quantitative estimate of drug-likeness (QED) is 0.827. The molecular formula is C16H21NO3. The SMILES string of the molecule is Cc1ccc(NC(=O)CC(C)(C)C)cc1C=CC(=O)O. The molecule has 0 bridgehead atoms. The lowest BCUT2D eigenvalue weighted by Crippen LogP contribution is -2.19. The Morgan fingerprint density at radius 2 is 1.95 bits per heavy atom. The van der Waals surface area contributed by atoms with Crippen LogP contribution in [0.3, 0.4) is 0 Å². The number of carboxylic acids is 1. The smallest absolute Gasteiger partial charge is 0.328 e. The van der Waals surface area contributed by atoms with Crippen LogP contribution in [0.15, 0.2) is 24.3 Å². The molecule has 0 saturated carbocycles. The summed E-state index contributed by atoms with van der Waals surface area (Å²) in [7, 11) is 0. The number of nitrogens with one attached hydrogen (secondary N) is 1. The highest BCUT2D eigenvalue weighted by atomic mass is 16.4. The molecule has 0 heterocycles. The molecular weight excluding hydrogens is 254 g/mol. The number of aryl methyl sites for hydroxylation is 1. The van der Waals surface area contributed by atoms with Crippen LogP contribution in [0.1, 0.15) is 38.3 Å². The number of aliphatic carboxylic acids is 1. The summed E-state index contributed by atoms with van der Waals surface area (Å²) in [4.78, 5) is 22.4. The van der Waals surface area contributed by atoms with Gasteiger partial charge in [-0.3, -0.25) is 4.79 Å². The highest BCUT2D eigenvalue weighted by Gasteiger charge is 2.16. The van der Waals surface area contributed by atoms with E-state index in [-0.39, 0.29) is 11.3 Å². The minimum absolute atomic E-state index is 0.0467. The lowest BCUT2D eigenvalue weighted by Gasteiger charge is -2.17. The van der Waals surface area contributed by atoms with Crippen LogP contribution in [0.4, 0.5) is 5.69 Å². The first-order valence-electron chi connectivity index (χ1n) is 6.49. The molecule has 0 unspecified atom stereocenters. The third-order valence-electron chi connectivity index (χ3n) is 2.66. The van der Waals surface area contributed by atoms with Gasteiger partial charge in [0.25, 0.3) is 0 Å². The van der Waals surface area contributed by atoms with Crippen molar-refractivity contribution in [1.29, 1.82) is 0 Å². The minimum atomic E-state index is -0.994. The first-order valence-corrected chi connectivity index (χ1v) is 6.49. The highest BCUT2D eigenvalue weighted by Crippen LogP contribution is 2.21. The van der Waals surface area contributed by atoms with E-state index in [9.17, 15) is 9.59 Å². The summed E-state index contributed by atoms with van der Waals surface area (Å²) in [5.74, 6) is -1.04. The lowest BCUT2D eigenvalue weighted by atomic mass is 9.92. The normalized spacial score (nSPS) is 11.6. The maximum Gasteiger partial charge on any atom is 0.328 e. The summed E-state index contributed by atoms with van der Waals surface area (Å²) < 4.78 is 0. The van der Waals surface area contributed by atoms with Crippen molar-refractivity contribution in [2.45, 2.75) is 34.1 Å². The number of hydrogen-bond donors (Lipinski definition) is 2. The van der Waals surface area contributed by atoms with Gasteiger partial charge in [0.1, 0.15) is 0 Å². The molecule has 0 atom stereocenters. The van der Waals surface area contributed by atoms with Crippen LogP contribution in [0.25, 0.3) is 6.08 Å². The van der Waals surface area contributed by atoms with Gasteiger partial charge >= 0.3 is 5.97 Å². The van der Waals surface area contributed by atoms with Crippen LogP contribution in [0.2, 0.25) is 0 Å². The fourth-order valence-electron chi connectivity index (χ4n) is 1.75. The van der Waals surface area contributed by atoms with Crippen molar-refractivity contribution in [3.05, 3.63) is 35.4 Å². The zero-order chi connectivity index (χ0) is 15.3. The topological polar surface area (TPSA) is 66.4 Å². The van der Waals surface area contributed by atoms with E-state index in [1.165, 1.54) is 6.08 Å². The Kier molecular flexibility index (Phi) is 5.08. The summed E-state index contributed by atoms with van der Waals surface area (Å²) in [5.41, 5.74) is 2.34. The standard InChI is InChI=1S/C16H21NO3/c1-11-5-7-13(9-12(11)6-8-15(19)20)17-14(18)10-16(2,3)4/h5-9H,10H2,1-4H3,(H,17,18)(H,19,20). The number of anilines is 1. The second kappa shape index (κ2) is 6.37. The van der Waals surface area contributed by atoms with Gasteiger partial charge in [-0.15, -0.1) is 0 Å². The molecule has 0 aliphatic carbocycles. The number of rotatable bonds is 4. The molecule has 0 saturated heterocycles. The van der Waals surface area contributed by atoms with Crippen molar-refractivity contribution in [3.8, 4) is 0 Å². The summed E-state index contributed by atoms with van der Waals surface area (Å²) in [6, 6.07) is 5.44. The monoisotopic (exact) mass is 275 g/mol. The van der Waals surface area contributed by atoms with Crippen molar-refractivity contribution in [2.24, 2.45) is 5.41 Å². The molecule has 2 N–H and O–H groups in total. The van der Waals surface area contributed by atoms with E-state index in [0.29, 0.717) is 12.1 Å². The van der Waals surface area contributed by atoms with Gasteiger partial charge in [0.2, 0.25) is 5.91 Å². The Morgan fingerprint density at radius 3 is 2.50 bits per heavy atom. The Labute approximate surface area is 119 Å². The van der Waals surface area contributed by atoms with E-state index >= 15 is 0 Å². The van der Waals surface area contributed by atoms with Crippen molar-refractivity contribution in [3.63, 3.8) is 0 Å². The number of benzene rings is 1. The van der Waals surface area contributed by atoms with Crippen molar-refractivity contribution in [1.82, 2.24) is 0 Å². The lowest BCUT2D eigenvalue weighted by molar-refractivity contribution is -0.131. The summed E-state index contributed by atoms with van der Waals surface area (Å²) in [6.07, 6.45) is 3.04. The van der Waals surface area contributed by atoms with Gasteiger partial charge in [-0.1, -0.05) is 26.8 Å². The molecule has 20 heavy (non-hydrogen) atoms. The Balaban J connectivity index is 2.85. The Morgan fingerprint density at radius 1 is 1.30 bits per heavy atom. The van der Waals surface area contributed by atoms with E-state index in [2.05, 4.69) is 5.32 Å². The minimum Gasteiger partial charge on any atom is -0.478 e. The number of carbonyl (C=O) groups is 2. The van der Waals surface area contributed by atoms with E-state index in [1.807, 2.05) is 39.8 Å². The predicted molar refractivity (Wildman–Crippen MR) is 80.6 cm³/mol. The van der Waals surface area contributed by atoms with Crippen LogP contribution in [-0.4, -0.2) is 17.0 Å². The predicted octanol–water partition coefficient (Wildman–Crippen LogP) is 3.47. The molecule has 0 fully saturated rings. The fraction of sp³-hybridized carbons (Fsp3) is 0.375. The average molecular weight is 275 g/mol. The van der Waals surface area contributed by atoms with E-state index < -0.39 is 5.97 Å². The largest absolute Gasteiger partial charge is 0.478 e. The highest BCUT2D eigenvalue weighted by molar-refractivity contribution is 5.92. The number of carboxylic acid groups (broad SMARTS) is 1. The van der Waals surface area contributed by atoms with Gasteiger partial charge in [-0.05, 0) is 41.7 Å². The van der Waals surface area contributed by atoms with Crippen LogP contribution in [0.5, 0.6) is 0 Å². The molecule has 1 rings (SSSR count). The van der Waals surface area contributed by atoms with Gasteiger partial charge < -0.3 is 10.4 Å². The average Bonchev–Trinajstić information content (AvgIpc) is 2.27. The first-order chi connectivity index (χ1) is 9.17. The van der Waals surface area contributed by atoms with Gasteiger partial charge in [-0.25, -0.2) is 4.79 Å². The molecule has 4 nitrogen and oxygen atoms in total. The maximum atomic E-state index is 11.9.